The lowest BCUT2D eigenvalue weighted by atomic mass is 10.3. The number of hydrogen-bond donors (Lipinski definition) is 2. The summed E-state index contributed by atoms with van der Waals surface area (Å²) >= 11 is 15.7. The molecule has 9 heteroatoms. The topological polar surface area (TPSA) is 72.2 Å². The van der Waals surface area contributed by atoms with Gasteiger partial charge in [-0.2, -0.15) is 0 Å². The van der Waals surface area contributed by atoms with E-state index < -0.39 is 10.0 Å². The van der Waals surface area contributed by atoms with Gasteiger partial charge in [0.2, 0.25) is 0 Å². The van der Waals surface area contributed by atoms with Crippen LogP contribution in [0, 0.1) is 0 Å². The molecule has 0 aliphatic heterocycles. The number of sulfonamides is 1. The molecule has 0 heterocycles. The average molecular weight is 519 g/mol. The summed E-state index contributed by atoms with van der Waals surface area (Å²) < 4.78 is 29.0. The molecule has 3 N–H and O–H groups in total. The minimum absolute atomic E-state index is 0.0300. The van der Waals surface area contributed by atoms with Crippen LogP contribution in [0.15, 0.2) is 48.6 Å². The Labute approximate surface area is 152 Å². The van der Waals surface area contributed by atoms with E-state index in [1.807, 2.05) is 0 Å². The fraction of sp³-hybridized carbons (Fsp3) is 0. The van der Waals surface area contributed by atoms with E-state index in [1.165, 1.54) is 6.07 Å². The summed E-state index contributed by atoms with van der Waals surface area (Å²) in [5.74, 6) is 0. The second-order valence-corrected chi connectivity index (χ2v) is 8.60. The monoisotopic (exact) mass is 516 g/mol. The summed E-state index contributed by atoms with van der Waals surface area (Å²) in [6.45, 7) is 0. The molecule has 0 saturated carbocycles. The maximum Gasteiger partial charge on any atom is 0.265 e. The third-order valence-electron chi connectivity index (χ3n) is 2.50. The lowest BCUT2D eigenvalue weighted by Gasteiger charge is -2.13. The maximum absolute atomic E-state index is 12.5. The SMILES string of the molecule is Nc1cc(Br)cc(Br)c1S(=O)(=O)Nc1cccc(Cl)c1Br. The van der Waals surface area contributed by atoms with Crippen LogP contribution in [0.1, 0.15) is 0 Å². The van der Waals surface area contributed by atoms with Crippen molar-refractivity contribution in [2.24, 2.45) is 0 Å². The van der Waals surface area contributed by atoms with Gasteiger partial charge in [0.25, 0.3) is 10.0 Å². The molecule has 0 aliphatic rings. The molecular weight excluding hydrogens is 511 g/mol. The van der Waals surface area contributed by atoms with Crippen LogP contribution in [0.2, 0.25) is 5.02 Å². The predicted molar refractivity (Wildman–Crippen MR) is 96.2 cm³/mol. The normalized spacial score (nSPS) is 11.4. The molecule has 2 rings (SSSR count). The molecule has 4 nitrogen and oxygen atoms in total. The molecule has 0 radical (unpaired) electrons. The second-order valence-electron chi connectivity index (χ2n) is 4.01. The zero-order chi connectivity index (χ0) is 15.8. The zero-order valence-corrected chi connectivity index (χ0v) is 16.5. The van der Waals surface area contributed by atoms with Gasteiger partial charge < -0.3 is 5.73 Å². The van der Waals surface area contributed by atoms with E-state index in [1.54, 1.807) is 24.3 Å². The minimum Gasteiger partial charge on any atom is -0.398 e. The van der Waals surface area contributed by atoms with Crippen LogP contribution in [0.3, 0.4) is 0 Å². The van der Waals surface area contributed by atoms with Gasteiger partial charge in [-0.25, -0.2) is 8.42 Å². The average Bonchev–Trinajstić information content (AvgIpc) is 2.33. The number of benzene rings is 2. The highest BCUT2D eigenvalue weighted by atomic mass is 79.9. The van der Waals surface area contributed by atoms with E-state index in [0.29, 0.717) is 24.1 Å². The summed E-state index contributed by atoms with van der Waals surface area (Å²) in [5.41, 5.74) is 6.27. The molecule has 0 saturated heterocycles. The molecule has 0 unspecified atom stereocenters. The van der Waals surface area contributed by atoms with Gasteiger partial charge in [-0.3, -0.25) is 4.72 Å². The first kappa shape index (κ1) is 17.1. The molecule has 0 aromatic heterocycles. The fourth-order valence-corrected chi connectivity index (χ4v) is 5.46. The summed E-state index contributed by atoms with van der Waals surface area (Å²) in [6.07, 6.45) is 0. The molecule has 0 fully saturated rings. The number of halogens is 4. The number of anilines is 2. The zero-order valence-electron chi connectivity index (χ0n) is 10.2. The first-order chi connectivity index (χ1) is 9.72. The summed E-state index contributed by atoms with van der Waals surface area (Å²) in [7, 11) is -3.86. The van der Waals surface area contributed by atoms with Gasteiger partial charge in [-0.05, 0) is 56.1 Å². The Kier molecular flexibility index (Phi) is 5.25. The van der Waals surface area contributed by atoms with Crippen molar-refractivity contribution in [1.82, 2.24) is 0 Å². The van der Waals surface area contributed by atoms with Crippen molar-refractivity contribution in [1.29, 1.82) is 0 Å². The first-order valence-electron chi connectivity index (χ1n) is 5.43. The molecule has 0 amide bonds. The maximum atomic E-state index is 12.5. The van der Waals surface area contributed by atoms with Crippen molar-refractivity contribution in [3.8, 4) is 0 Å². The molecule has 2 aromatic rings. The Morgan fingerprint density at radius 3 is 2.43 bits per heavy atom. The highest BCUT2D eigenvalue weighted by Gasteiger charge is 2.23. The van der Waals surface area contributed by atoms with Crippen molar-refractivity contribution in [2.75, 3.05) is 10.5 Å². The van der Waals surface area contributed by atoms with E-state index in [9.17, 15) is 8.42 Å². The van der Waals surface area contributed by atoms with E-state index in [2.05, 4.69) is 52.5 Å². The van der Waals surface area contributed by atoms with Crippen molar-refractivity contribution < 1.29 is 8.42 Å². The van der Waals surface area contributed by atoms with Crippen LogP contribution >= 0.6 is 59.4 Å². The van der Waals surface area contributed by atoms with Crippen molar-refractivity contribution in [2.45, 2.75) is 4.90 Å². The lowest BCUT2D eigenvalue weighted by molar-refractivity contribution is 0.601. The van der Waals surface area contributed by atoms with Crippen LogP contribution in [0.25, 0.3) is 0 Å². The summed E-state index contributed by atoms with van der Waals surface area (Å²) in [5, 5.41) is 0.401. The quantitative estimate of drug-likeness (QED) is 0.561. The smallest absolute Gasteiger partial charge is 0.265 e. The Bertz CT molecular complexity index is 789. The van der Waals surface area contributed by atoms with Crippen LogP contribution in [0.4, 0.5) is 11.4 Å². The number of nitrogens with one attached hydrogen (secondary N) is 1. The highest BCUT2D eigenvalue weighted by Crippen LogP contribution is 2.35. The van der Waals surface area contributed by atoms with Crippen LogP contribution in [-0.4, -0.2) is 8.42 Å². The highest BCUT2D eigenvalue weighted by molar-refractivity contribution is 9.11. The van der Waals surface area contributed by atoms with Gasteiger partial charge in [-0.15, -0.1) is 0 Å². The Balaban J connectivity index is 2.51. The fourth-order valence-electron chi connectivity index (χ4n) is 1.64. The lowest BCUT2D eigenvalue weighted by Crippen LogP contribution is -2.16. The van der Waals surface area contributed by atoms with Gasteiger partial charge in [0.15, 0.2) is 0 Å². The van der Waals surface area contributed by atoms with Gasteiger partial charge in [0.05, 0.1) is 20.9 Å². The molecule has 0 bridgehead atoms. The number of nitrogens with two attached hydrogens (primary N) is 1. The molecule has 0 aliphatic carbocycles. The van der Waals surface area contributed by atoms with Gasteiger partial charge >= 0.3 is 0 Å². The van der Waals surface area contributed by atoms with Gasteiger partial charge in [0, 0.05) is 8.95 Å². The third kappa shape index (κ3) is 3.73. The molecule has 21 heavy (non-hydrogen) atoms. The van der Waals surface area contributed by atoms with E-state index in [0.717, 1.165) is 0 Å². The third-order valence-corrected chi connectivity index (χ3v) is 6.73. The van der Waals surface area contributed by atoms with E-state index in [4.69, 9.17) is 17.3 Å². The molecular formula is C12H8Br3ClN2O2S. The predicted octanol–water partition coefficient (Wildman–Crippen LogP) is 5.01. The Morgan fingerprint density at radius 1 is 1.14 bits per heavy atom. The van der Waals surface area contributed by atoms with Gasteiger partial charge in [-0.1, -0.05) is 33.6 Å². The standard InChI is InChI=1S/C12H8Br3ClN2O2S/c13-6-4-7(14)12(9(17)5-6)21(19,20)18-10-3-1-2-8(16)11(10)15/h1-5,18H,17H2. The second kappa shape index (κ2) is 6.45. The van der Waals surface area contributed by atoms with Crippen molar-refractivity contribution >= 4 is 80.8 Å². The summed E-state index contributed by atoms with van der Waals surface area (Å²) in [4.78, 5) is -0.0300. The van der Waals surface area contributed by atoms with Crippen molar-refractivity contribution in [3.63, 3.8) is 0 Å². The molecule has 0 spiro atoms. The molecule has 2 aromatic carbocycles. The van der Waals surface area contributed by atoms with Crippen LogP contribution in [0.5, 0.6) is 0 Å². The summed E-state index contributed by atoms with van der Waals surface area (Å²) in [6, 6.07) is 8.01. The largest absolute Gasteiger partial charge is 0.398 e. The van der Waals surface area contributed by atoms with Gasteiger partial charge in [0.1, 0.15) is 4.90 Å². The van der Waals surface area contributed by atoms with Crippen LogP contribution in [-0.2, 0) is 10.0 Å². The van der Waals surface area contributed by atoms with E-state index >= 15 is 0 Å². The number of hydrogen-bond acceptors (Lipinski definition) is 3. The Morgan fingerprint density at radius 2 is 1.81 bits per heavy atom. The molecule has 0 atom stereocenters. The molecule has 112 valence electrons. The van der Waals surface area contributed by atoms with E-state index in [-0.39, 0.29) is 10.6 Å². The van der Waals surface area contributed by atoms with Crippen molar-refractivity contribution in [3.05, 3.63) is 48.8 Å². The minimum atomic E-state index is -3.86. The Hall–Kier alpha value is -0.280. The number of nitrogen functional groups attached to an aromatic ring is 1. The van der Waals surface area contributed by atoms with Crippen LogP contribution < -0.4 is 10.5 Å². The first-order valence-corrected chi connectivity index (χ1v) is 9.68. The number of rotatable bonds is 3.